The van der Waals surface area contributed by atoms with E-state index in [2.05, 4.69) is 48.0 Å². The van der Waals surface area contributed by atoms with Gasteiger partial charge in [-0.2, -0.15) is 0 Å². The Hall–Kier alpha value is -1.75. The summed E-state index contributed by atoms with van der Waals surface area (Å²) in [5, 5.41) is 20.7. The van der Waals surface area contributed by atoms with Gasteiger partial charge in [0.15, 0.2) is 0 Å². The number of nitrogens with zero attached hydrogens (tertiary/aromatic N) is 2. The Bertz CT molecular complexity index is 650. The molecule has 2 aromatic rings. The quantitative estimate of drug-likeness (QED) is 0.716. The highest BCUT2D eigenvalue weighted by atomic mass is 16.3. The molecule has 0 bridgehead atoms. The maximum Gasteiger partial charge on any atom is 0.101 e. The first-order valence-corrected chi connectivity index (χ1v) is 9.45. The molecule has 2 rings (SSSR count). The molecule has 2 N–H and O–H groups in total. The van der Waals surface area contributed by atoms with E-state index in [-0.39, 0.29) is 0 Å². The van der Waals surface area contributed by atoms with Gasteiger partial charge in [-0.3, -0.25) is 9.88 Å². The van der Waals surface area contributed by atoms with Crippen molar-refractivity contribution in [3.05, 3.63) is 65.5 Å². The standard InChI is InChI=1S/C22H32N2O2/c1-5-13-24(15-17(2)18-9-7-6-8-10-18)16-20(25)19-11-12-21(23-14-19)22(3,4)26/h6-12,14,17,20,25-26H,5,13,15-16H2,1-4H3/t17-,20?/m0/s1. The van der Waals surface area contributed by atoms with Crippen LogP contribution in [-0.4, -0.2) is 39.7 Å². The fourth-order valence-electron chi connectivity index (χ4n) is 3.16. The lowest BCUT2D eigenvalue weighted by molar-refractivity contribution is 0.0733. The van der Waals surface area contributed by atoms with Crippen LogP contribution in [-0.2, 0) is 5.60 Å². The van der Waals surface area contributed by atoms with E-state index in [1.807, 2.05) is 12.1 Å². The van der Waals surface area contributed by atoms with Crippen molar-refractivity contribution in [1.82, 2.24) is 9.88 Å². The summed E-state index contributed by atoms with van der Waals surface area (Å²) < 4.78 is 0. The van der Waals surface area contributed by atoms with Gasteiger partial charge in [-0.25, -0.2) is 0 Å². The summed E-state index contributed by atoms with van der Waals surface area (Å²) in [5.74, 6) is 0.408. The molecule has 1 unspecified atom stereocenters. The first-order chi connectivity index (χ1) is 12.3. The predicted octanol–water partition coefficient (Wildman–Crippen LogP) is 3.86. The van der Waals surface area contributed by atoms with Crippen LogP contribution in [0.15, 0.2) is 48.7 Å². The van der Waals surface area contributed by atoms with E-state index in [1.54, 1.807) is 26.1 Å². The fraction of sp³-hybridized carbons (Fsp3) is 0.500. The molecule has 0 saturated heterocycles. The van der Waals surface area contributed by atoms with Crippen LogP contribution in [0.1, 0.15) is 63.0 Å². The van der Waals surface area contributed by atoms with Gasteiger partial charge < -0.3 is 10.2 Å². The molecule has 4 heteroatoms. The van der Waals surface area contributed by atoms with E-state index in [9.17, 15) is 10.2 Å². The third-order valence-electron chi connectivity index (χ3n) is 4.67. The highest BCUT2D eigenvalue weighted by Gasteiger charge is 2.20. The smallest absolute Gasteiger partial charge is 0.101 e. The molecule has 0 saturated carbocycles. The maximum atomic E-state index is 10.7. The van der Waals surface area contributed by atoms with Crippen LogP contribution in [0.25, 0.3) is 0 Å². The molecule has 4 nitrogen and oxygen atoms in total. The van der Waals surface area contributed by atoms with Crippen LogP contribution < -0.4 is 0 Å². The second kappa shape index (κ2) is 9.26. The van der Waals surface area contributed by atoms with Crippen molar-refractivity contribution in [1.29, 1.82) is 0 Å². The minimum atomic E-state index is -0.969. The fourth-order valence-corrected chi connectivity index (χ4v) is 3.16. The van der Waals surface area contributed by atoms with Crippen LogP contribution >= 0.6 is 0 Å². The van der Waals surface area contributed by atoms with Gasteiger partial charge in [0.05, 0.1) is 11.8 Å². The number of aromatic nitrogens is 1. The van der Waals surface area contributed by atoms with E-state index in [0.29, 0.717) is 18.2 Å². The van der Waals surface area contributed by atoms with Gasteiger partial charge in [-0.05, 0) is 44.4 Å². The van der Waals surface area contributed by atoms with E-state index in [4.69, 9.17) is 0 Å². The van der Waals surface area contributed by atoms with Crippen molar-refractivity contribution in [2.75, 3.05) is 19.6 Å². The number of hydrogen-bond acceptors (Lipinski definition) is 4. The Labute approximate surface area is 157 Å². The molecule has 0 aliphatic rings. The largest absolute Gasteiger partial charge is 0.387 e. The molecule has 0 spiro atoms. The van der Waals surface area contributed by atoms with Crippen molar-refractivity contribution in [2.24, 2.45) is 0 Å². The van der Waals surface area contributed by atoms with E-state index < -0.39 is 11.7 Å². The summed E-state index contributed by atoms with van der Waals surface area (Å²) >= 11 is 0. The average molecular weight is 357 g/mol. The monoisotopic (exact) mass is 356 g/mol. The lowest BCUT2D eigenvalue weighted by Crippen LogP contribution is -2.33. The second-order valence-corrected chi connectivity index (χ2v) is 7.62. The number of aliphatic hydroxyl groups is 2. The first kappa shape index (κ1) is 20.6. The highest BCUT2D eigenvalue weighted by Crippen LogP contribution is 2.22. The summed E-state index contributed by atoms with van der Waals surface area (Å²) in [5.41, 5.74) is 1.74. The molecule has 1 heterocycles. The Kier molecular flexibility index (Phi) is 7.33. The van der Waals surface area contributed by atoms with Crippen molar-refractivity contribution in [3.8, 4) is 0 Å². The topological polar surface area (TPSA) is 56.6 Å². The molecule has 0 fully saturated rings. The predicted molar refractivity (Wildman–Crippen MR) is 106 cm³/mol. The molecule has 2 atom stereocenters. The number of hydrogen-bond donors (Lipinski definition) is 2. The highest BCUT2D eigenvalue weighted by molar-refractivity contribution is 5.21. The van der Waals surface area contributed by atoms with Crippen LogP contribution in [0, 0.1) is 0 Å². The maximum absolute atomic E-state index is 10.7. The second-order valence-electron chi connectivity index (χ2n) is 7.62. The number of rotatable bonds is 9. The van der Waals surface area contributed by atoms with Gasteiger partial charge in [0.25, 0.3) is 0 Å². The molecule has 0 aliphatic heterocycles. The molecule has 1 aromatic heterocycles. The van der Waals surface area contributed by atoms with Crippen molar-refractivity contribution < 1.29 is 10.2 Å². The van der Waals surface area contributed by atoms with Gasteiger partial charge in [-0.1, -0.05) is 50.2 Å². The molecule has 0 aliphatic carbocycles. The van der Waals surface area contributed by atoms with Crippen molar-refractivity contribution in [3.63, 3.8) is 0 Å². The third-order valence-corrected chi connectivity index (χ3v) is 4.67. The zero-order valence-corrected chi connectivity index (χ0v) is 16.4. The van der Waals surface area contributed by atoms with Crippen LogP contribution in [0.2, 0.25) is 0 Å². The normalized spacial score (nSPS) is 14.4. The lowest BCUT2D eigenvalue weighted by Gasteiger charge is -2.28. The number of pyridine rings is 1. The zero-order chi connectivity index (χ0) is 19.2. The Morgan fingerprint density at radius 3 is 2.27 bits per heavy atom. The van der Waals surface area contributed by atoms with Gasteiger partial charge in [0.1, 0.15) is 5.60 Å². The lowest BCUT2D eigenvalue weighted by atomic mass is 10.00. The molecule has 1 aromatic carbocycles. The molecular weight excluding hydrogens is 324 g/mol. The molecule has 0 radical (unpaired) electrons. The summed E-state index contributed by atoms with van der Waals surface area (Å²) in [6, 6.07) is 14.1. The summed E-state index contributed by atoms with van der Waals surface area (Å²) in [4.78, 5) is 6.62. The molecule has 0 amide bonds. The van der Waals surface area contributed by atoms with Crippen molar-refractivity contribution in [2.45, 2.75) is 51.7 Å². The van der Waals surface area contributed by atoms with Gasteiger partial charge in [0.2, 0.25) is 0 Å². The minimum absolute atomic E-state index is 0.408. The molecule has 142 valence electrons. The van der Waals surface area contributed by atoms with Crippen LogP contribution in [0.3, 0.4) is 0 Å². The van der Waals surface area contributed by atoms with Crippen LogP contribution in [0.4, 0.5) is 0 Å². The number of benzene rings is 1. The third kappa shape index (κ3) is 5.90. The number of aliphatic hydroxyl groups excluding tert-OH is 1. The van der Waals surface area contributed by atoms with Gasteiger partial charge in [-0.15, -0.1) is 0 Å². The summed E-state index contributed by atoms with van der Waals surface area (Å²) in [7, 11) is 0. The SMILES string of the molecule is CCCN(CC(O)c1ccc(C(C)(C)O)nc1)C[C@H](C)c1ccccc1. The first-order valence-electron chi connectivity index (χ1n) is 9.45. The Balaban J connectivity index is 2.02. The van der Waals surface area contributed by atoms with Gasteiger partial charge >= 0.3 is 0 Å². The molecule has 26 heavy (non-hydrogen) atoms. The van der Waals surface area contributed by atoms with Crippen LogP contribution in [0.5, 0.6) is 0 Å². The van der Waals surface area contributed by atoms with E-state index >= 15 is 0 Å². The zero-order valence-electron chi connectivity index (χ0n) is 16.4. The molecular formula is C22H32N2O2. The van der Waals surface area contributed by atoms with Crippen molar-refractivity contribution >= 4 is 0 Å². The Morgan fingerprint density at radius 2 is 1.73 bits per heavy atom. The summed E-state index contributed by atoms with van der Waals surface area (Å²) in [6.45, 7) is 10.2. The van der Waals surface area contributed by atoms with Gasteiger partial charge in [0, 0.05) is 24.8 Å². The summed E-state index contributed by atoms with van der Waals surface area (Å²) in [6.07, 6.45) is 2.13. The minimum Gasteiger partial charge on any atom is -0.387 e. The Morgan fingerprint density at radius 1 is 1.04 bits per heavy atom. The average Bonchev–Trinajstić information content (AvgIpc) is 2.62. The van der Waals surface area contributed by atoms with E-state index in [0.717, 1.165) is 25.1 Å². The van der Waals surface area contributed by atoms with E-state index in [1.165, 1.54) is 5.56 Å².